The highest BCUT2D eigenvalue weighted by Gasteiger charge is 2.65. The second-order valence-electron chi connectivity index (χ2n) is 6.66. The van der Waals surface area contributed by atoms with Gasteiger partial charge in [0.05, 0.1) is 5.69 Å². The summed E-state index contributed by atoms with van der Waals surface area (Å²) in [5.74, 6) is -2.30. The molecule has 1 unspecified atom stereocenters. The summed E-state index contributed by atoms with van der Waals surface area (Å²) in [5.41, 5.74) is 10.2. The van der Waals surface area contributed by atoms with E-state index in [1.54, 1.807) is 12.4 Å². The van der Waals surface area contributed by atoms with Gasteiger partial charge in [0.15, 0.2) is 16.5 Å². The van der Waals surface area contributed by atoms with Crippen LogP contribution in [-0.4, -0.2) is 75.0 Å². The Hall–Kier alpha value is -2.95. The molecule has 4 heterocycles. The molecule has 2 amide bonds. The molecule has 1 fully saturated rings. The number of nitrogens with two attached hydrogens (primary N) is 2. The Balaban J connectivity index is 1.65. The van der Waals surface area contributed by atoms with E-state index in [4.69, 9.17) is 23.7 Å². The number of amides is 2. The van der Waals surface area contributed by atoms with Crippen molar-refractivity contribution in [3.05, 3.63) is 22.6 Å². The first-order chi connectivity index (χ1) is 14.7. The Labute approximate surface area is 187 Å². The first kappa shape index (κ1) is 21.3. The van der Waals surface area contributed by atoms with E-state index < -0.39 is 34.7 Å². The van der Waals surface area contributed by atoms with Crippen molar-refractivity contribution in [2.45, 2.75) is 17.0 Å². The number of carboxylic acids is 1. The van der Waals surface area contributed by atoms with Crippen LogP contribution in [0.4, 0.5) is 5.13 Å². The summed E-state index contributed by atoms with van der Waals surface area (Å²) in [6, 6.07) is -1.18. The Morgan fingerprint density at radius 3 is 2.81 bits per heavy atom. The summed E-state index contributed by atoms with van der Waals surface area (Å²) >= 11 is 7.42. The number of nitrogens with one attached hydrogen (secondary N) is 1. The quantitative estimate of drug-likeness (QED) is 0.276. The number of aromatic nitrogens is 5. The number of tetrazole rings is 1. The number of carboxylic acid groups (broad SMARTS) is 1. The van der Waals surface area contributed by atoms with E-state index in [1.807, 2.05) is 0 Å². The van der Waals surface area contributed by atoms with Crippen LogP contribution in [0.5, 0.6) is 0 Å². The van der Waals surface area contributed by atoms with Gasteiger partial charge in [0.25, 0.3) is 5.91 Å². The minimum atomic E-state index is -1.60. The van der Waals surface area contributed by atoms with Crippen LogP contribution >= 0.6 is 35.3 Å². The first-order valence-corrected chi connectivity index (χ1v) is 11.0. The normalized spacial score (nSPS) is 23.7. The molecule has 0 spiro atoms. The predicted molar refractivity (Wildman–Crippen MR) is 114 cm³/mol. The number of thiocarbonyl (C=S) groups is 1. The van der Waals surface area contributed by atoms with Crippen molar-refractivity contribution in [3.63, 3.8) is 0 Å². The minimum absolute atomic E-state index is 0.180. The van der Waals surface area contributed by atoms with Crippen LogP contribution in [-0.2, 0) is 21.4 Å². The number of carbonyl (C=O) groups excluding carboxylic acids is 2. The lowest BCUT2D eigenvalue weighted by atomic mass is 9.87. The molecule has 16 heteroatoms. The van der Waals surface area contributed by atoms with Gasteiger partial charge in [-0.25, -0.2) is 14.5 Å². The fraction of sp³-hybridized carbons (Fsp3) is 0.333. The van der Waals surface area contributed by atoms with Crippen LogP contribution in [0.2, 0.25) is 0 Å². The van der Waals surface area contributed by atoms with Crippen molar-refractivity contribution in [2.24, 2.45) is 12.8 Å². The molecule has 0 saturated carbocycles. The number of anilines is 1. The molecule has 2 aliphatic heterocycles. The Bertz CT molecular complexity index is 1140. The lowest BCUT2D eigenvalue weighted by Crippen LogP contribution is -2.80. The standard InChI is InChI=1S/C15H15N9O4S3/c1-23-9(20-21-22-23)5-2-30-13-15(4-29,12(28)24(13)8(5)11(26)27)19-10(25)7(16)6-3-31-14(17)18-6/h3-4,7,13H,2,16H2,1H3,(H2,17,18)(H,19,25)(H,26,27)/t7?,13-,15+/m1/s1. The Kier molecular flexibility index (Phi) is 5.24. The zero-order valence-electron chi connectivity index (χ0n) is 15.8. The highest BCUT2D eigenvalue weighted by atomic mass is 32.2. The van der Waals surface area contributed by atoms with E-state index in [0.29, 0.717) is 0 Å². The zero-order valence-corrected chi connectivity index (χ0v) is 18.2. The lowest BCUT2D eigenvalue weighted by molar-refractivity contribution is -0.153. The zero-order chi connectivity index (χ0) is 22.5. The summed E-state index contributed by atoms with van der Waals surface area (Å²) in [7, 11) is 1.56. The van der Waals surface area contributed by atoms with Crippen LogP contribution < -0.4 is 16.8 Å². The summed E-state index contributed by atoms with van der Waals surface area (Å²) in [4.78, 5) is 42.9. The van der Waals surface area contributed by atoms with E-state index in [9.17, 15) is 19.5 Å². The molecule has 3 atom stereocenters. The van der Waals surface area contributed by atoms with E-state index in [0.717, 1.165) is 21.6 Å². The maximum absolute atomic E-state index is 13.1. The van der Waals surface area contributed by atoms with Crippen molar-refractivity contribution in [3.8, 4) is 0 Å². The average molecular weight is 482 g/mol. The number of carbonyl (C=O) groups is 3. The van der Waals surface area contributed by atoms with Gasteiger partial charge in [0.2, 0.25) is 5.91 Å². The second kappa shape index (κ2) is 7.63. The molecule has 0 bridgehead atoms. The Morgan fingerprint density at radius 1 is 1.52 bits per heavy atom. The molecular weight excluding hydrogens is 466 g/mol. The third kappa shape index (κ3) is 3.18. The van der Waals surface area contributed by atoms with Crippen molar-refractivity contribution in [2.75, 3.05) is 11.5 Å². The molecule has 2 aromatic heterocycles. The third-order valence-corrected chi connectivity index (χ3v) is 7.28. The van der Waals surface area contributed by atoms with Crippen LogP contribution in [0.3, 0.4) is 0 Å². The molecule has 31 heavy (non-hydrogen) atoms. The monoisotopic (exact) mass is 481 g/mol. The van der Waals surface area contributed by atoms with E-state index in [2.05, 4.69) is 25.8 Å². The number of aliphatic carboxylic acids is 1. The molecule has 13 nitrogen and oxygen atoms in total. The number of β-lactam (4-membered cyclic amide) rings is 1. The molecule has 4 rings (SSSR count). The largest absolute Gasteiger partial charge is 0.477 e. The van der Waals surface area contributed by atoms with Gasteiger partial charge in [-0.15, -0.1) is 28.2 Å². The maximum Gasteiger partial charge on any atom is 0.353 e. The molecule has 0 aliphatic carbocycles. The predicted octanol–water partition coefficient (Wildman–Crippen LogP) is -1.49. The lowest BCUT2D eigenvalue weighted by Gasteiger charge is -2.55. The summed E-state index contributed by atoms with van der Waals surface area (Å²) in [6.07, 6.45) is 0. The van der Waals surface area contributed by atoms with E-state index >= 15 is 0 Å². The minimum Gasteiger partial charge on any atom is -0.477 e. The molecule has 2 aliphatic rings. The second-order valence-corrected chi connectivity index (χ2v) is 8.86. The van der Waals surface area contributed by atoms with Gasteiger partial charge in [-0.3, -0.25) is 14.5 Å². The highest BCUT2D eigenvalue weighted by Crippen LogP contribution is 2.47. The smallest absolute Gasteiger partial charge is 0.353 e. The molecule has 0 radical (unpaired) electrons. The number of aryl methyl sites for hydroxylation is 1. The Morgan fingerprint density at radius 2 is 2.26 bits per heavy atom. The van der Waals surface area contributed by atoms with Crippen molar-refractivity contribution >= 4 is 69.2 Å². The van der Waals surface area contributed by atoms with Gasteiger partial charge in [-0.1, -0.05) is 12.2 Å². The number of hydrogen-bond acceptors (Lipinski definition) is 12. The summed E-state index contributed by atoms with van der Waals surface area (Å²) in [6.45, 7) is 0. The molecule has 2 aromatic rings. The van der Waals surface area contributed by atoms with Crippen molar-refractivity contribution in [1.29, 1.82) is 0 Å². The first-order valence-electron chi connectivity index (χ1n) is 8.60. The molecular formula is C15H15N9O4S3. The average Bonchev–Trinajstić information content (AvgIpc) is 3.37. The van der Waals surface area contributed by atoms with Crippen LogP contribution in [0, 0.1) is 0 Å². The van der Waals surface area contributed by atoms with Crippen molar-refractivity contribution in [1.82, 2.24) is 35.4 Å². The third-order valence-electron chi connectivity index (χ3n) is 4.86. The van der Waals surface area contributed by atoms with Crippen LogP contribution in [0.1, 0.15) is 17.6 Å². The number of nitrogen functional groups attached to an aromatic ring is 1. The van der Waals surface area contributed by atoms with Gasteiger partial charge < -0.3 is 21.9 Å². The van der Waals surface area contributed by atoms with Gasteiger partial charge >= 0.3 is 5.97 Å². The summed E-state index contributed by atoms with van der Waals surface area (Å²) in [5, 5.41) is 25.6. The number of thiazole rings is 1. The summed E-state index contributed by atoms with van der Waals surface area (Å²) < 4.78 is 1.32. The van der Waals surface area contributed by atoms with E-state index in [1.165, 1.54) is 16.4 Å². The van der Waals surface area contributed by atoms with Gasteiger partial charge in [-0.05, 0) is 10.4 Å². The van der Waals surface area contributed by atoms with E-state index in [-0.39, 0.29) is 33.7 Å². The number of thioether (sulfide) groups is 1. The molecule has 6 N–H and O–H groups in total. The number of nitrogens with zero attached hydrogens (tertiary/aromatic N) is 6. The number of fused-ring (bicyclic) bond motifs is 1. The SMILES string of the molecule is Cn1nnnc1C1=C(C(=O)O)N2C(=O)[C@](C=S)(NC(=O)C(N)c3csc(N)n3)[C@H]2SC1. The fourth-order valence-electron chi connectivity index (χ4n) is 3.35. The van der Waals surface area contributed by atoms with Crippen LogP contribution in [0.15, 0.2) is 11.1 Å². The highest BCUT2D eigenvalue weighted by molar-refractivity contribution is 8.00. The molecule has 162 valence electrons. The van der Waals surface area contributed by atoms with Crippen molar-refractivity contribution < 1.29 is 19.5 Å². The molecule has 1 saturated heterocycles. The van der Waals surface area contributed by atoms with Crippen LogP contribution in [0.25, 0.3) is 5.57 Å². The number of hydrogen-bond donors (Lipinski definition) is 4. The molecule has 0 aromatic carbocycles. The van der Waals surface area contributed by atoms with Gasteiger partial charge in [-0.2, -0.15) is 0 Å². The van der Waals surface area contributed by atoms with Gasteiger partial charge in [0, 0.05) is 29.1 Å². The van der Waals surface area contributed by atoms with Gasteiger partial charge in [0.1, 0.15) is 17.1 Å². The topological polar surface area (TPSA) is 195 Å². The fourth-order valence-corrected chi connectivity index (χ4v) is 5.76. The number of rotatable bonds is 6. The maximum atomic E-state index is 13.1.